The van der Waals surface area contributed by atoms with Gasteiger partial charge in [-0.15, -0.1) is 0 Å². The SMILES string of the molecule is COC(=O)[C@@H]1Cc2ccccc2CN1Cc1cc(=O)n2[nH]c(N)nc2n1. The first kappa shape index (κ1) is 16.3. The van der Waals surface area contributed by atoms with Gasteiger partial charge in [-0.3, -0.25) is 19.6 Å². The molecule has 3 N–H and O–H groups in total. The third-order valence-electron chi connectivity index (χ3n) is 4.59. The van der Waals surface area contributed by atoms with E-state index in [1.807, 2.05) is 29.2 Å². The monoisotopic (exact) mass is 354 g/mol. The predicted octanol–water partition coefficient (Wildman–Crippen LogP) is 0.0997. The first-order chi connectivity index (χ1) is 12.5. The summed E-state index contributed by atoms with van der Waals surface area (Å²) in [6.07, 6.45) is 0.555. The lowest BCUT2D eigenvalue weighted by Crippen LogP contribution is -2.45. The fourth-order valence-electron chi connectivity index (χ4n) is 3.34. The quantitative estimate of drug-likeness (QED) is 0.640. The highest BCUT2D eigenvalue weighted by atomic mass is 16.5. The molecule has 0 saturated heterocycles. The van der Waals surface area contributed by atoms with Crippen LogP contribution in [0.1, 0.15) is 16.8 Å². The molecule has 134 valence electrons. The molecule has 3 heterocycles. The van der Waals surface area contributed by atoms with Gasteiger partial charge in [-0.2, -0.15) is 9.50 Å². The Morgan fingerprint density at radius 1 is 1.35 bits per heavy atom. The van der Waals surface area contributed by atoms with E-state index in [1.165, 1.54) is 17.7 Å². The summed E-state index contributed by atoms with van der Waals surface area (Å²) >= 11 is 0. The van der Waals surface area contributed by atoms with E-state index in [9.17, 15) is 9.59 Å². The number of hydrogen-bond donors (Lipinski definition) is 2. The number of benzene rings is 1. The van der Waals surface area contributed by atoms with Gasteiger partial charge in [0.2, 0.25) is 5.95 Å². The summed E-state index contributed by atoms with van der Waals surface area (Å²) in [5, 5.41) is 2.63. The number of H-pyrrole nitrogens is 1. The second kappa shape index (κ2) is 6.26. The number of carbonyl (C=O) groups excluding carboxylic acids is 1. The Balaban J connectivity index is 1.69. The molecule has 0 saturated carbocycles. The molecular weight excluding hydrogens is 336 g/mol. The minimum Gasteiger partial charge on any atom is -0.468 e. The van der Waals surface area contributed by atoms with Gasteiger partial charge in [-0.05, 0) is 17.5 Å². The van der Waals surface area contributed by atoms with Crippen LogP contribution in [0.3, 0.4) is 0 Å². The second-order valence-corrected chi connectivity index (χ2v) is 6.25. The molecule has 26 heavy (non-hydrogen) atoms. The Kier molecular flexibility index (Phi) is 3.92. The van der Waals surface area contributed by atoms with Crippen molar-refractivity contribution < 1.29 is 9.53 Å². The van der Waals surface area contributed by atoms with Gasteiger partial charge < -0.3 is 10.5 Å². The number of nitrogens with one attached hydrogen (secondary N) is 1. The molecule has 1 atom stereocenters. The summed E-state index contributed by atoms with van der Waals surface area (Å²) < 4.78 is 6.15. The molecule has 1 aliphatic rings. The highest BCUT2D eigenvalue weighted by Crippen LogP contribution is 2.25. The Morgan fingerprint density at radius 3 is 2.88 bits per heavy atom. The smallest absolute Gasteiger partial charge is 0.323 e. The number of esters is 1. The molecule has 1 aromatic carbocycles. The maximum absolute atomic E-state index is 12.3. The first-order valence-electron chi connectivity index (χ1n) is 8.18. The molecule has 1 aliphatic heterocycles. The first-order valence-corrected chi connectivity index (χ1v) is 8.18. The molecule has 4 rings (SSSR count). The number of ether oxygens (including phenoxy) is 1. The molecule has 9 heteroatoms. The van der Waals surface area contributed by atoms with Gasteiger partial charge in [0, 0.05) is 19.2 Å². The number of aromatic amines is 1. The van der Waals surface area contributed by atoms with Gasteiger partial charge in [-0.1, -0.05) is 24.3 Å². The number of methoxy groups -OCH3 is 1. The summed E-state index contributed by atoms with van der Waals surface area (Å²) in [5.41, 5.74) is 8.08. The van der Waals surface area contributed by atoms with Crippen molar-refractivity contribution in [1.82, 2.24) is 24.5 Å². The minimum atomic E-state index is -0.431. The standard InChI is InChI=1S/C17H18N6O3/c1-26-15(25)13-6-10-4-2-3-5-11(10)8-22(13)9-12-7-14(24)23-17(19-12)20-16(18)21-23/h2-5,7,13H,6,8-9H2,1H3,(H3,18,19,20,21)/t13-/m0/s1. The number of carbonyl (C=O) groups is 1. The molecule has 0 unspecified atom stereocenters. The van der Waals surface area contributed by atoms with Crippen LogP contribution in [0.25, 0.3) is 5.78 Å². The van der Waals surface area contributed by atoms with Crippen LogP contribution in [-0.2, 0) is 29.0 Å². The number of fused-ring (bicyclic) bond motifs is 2. The minimum absolute atomic E-state index is 0.117. The van der Waals surface area contributed by atoms with Gasteiger partial charge in [-0.25, -0.2) is 4.98 Å². The summed E-state index contributed by atoms with van der Waals surface area (Å²) in [5.74, 6) is 0.0180. The van der Waals surface area contributed by atoms with E-state index in [1.54, 1.807) is 0 Å². The van der Waals surface area contributed by atoms with E-state index in [2.05, 4.69) is 15.1 Å². The summed E-state index contributed by atoms with van der Waals surface area (Å²) in [6, 6.07) is 8.97. The van der Waals surface area contributed by atoms with Crippen molar-refractivity contribution in [3.05, 3.63) is 57.5 Å². The average Bonchev–Trinajstić information content (AvgIpc) is 3.01. The number of nitrogen functional groups attached to an aromatic ring is 1. The molecule has 0 fully saturated rings. The molecule has 0 aliphatic carbocycles. The maximum atomic E-state index is 12.3. The van der Waals surface area contributed by atoms with Crippen LogP contribution in [0.4, 0.5) is 5.95 Å². The van der Waals surface area contributed by atoms with Crippen LogP contribution < -0.4 is 11.3 Å². The number of nitrogens with zero attached hydrogens (tertiary/aromatic N) is 4. The fraction of sp³-hybridized carbons (Fsp3) is 0.294. The van der Waals surface area contributed by atoms with Gasteiger partial charge >= 0.3 is 5.97 Å². The Morgan fingerprint density at radius 2 is 2.12 bits per heavy atom. The molecule has 9 nitrogen and oxygen atoms in total. The van der Waals surface area contributed by atoms with Crippen LogP contribution in [0.15, 0.2) is 35.1 Å². The van der Waals surface area contributed by atoms with Gasteiger partial charge in [0.15, 0.2) is 0 Å². The zero-order valence-electron chi connectivity index (χ0n) is 14.2. The van der Waals surface area contributed by atoms with E-state index in [4.69, 9.17) is 10.5 Å². The van der Waals surface area contributed by atoms with E-state index < -0.39 is 6.04 Å². The summed E-state index contributed by atoms with van der Waals surface area (Å²) in [6.45, 7) is 0.895. The summed E-state index contributed by atoms with van der Waals surface area (Å²) in [7, 11) is 1.38. The van der Waals surface area contributed by atoms with Gasteiger partial charge in [0.1, 0.15) is 6.04 Å². The normalized spacial score (nSPS) is 17.2. The van der Waals surface area contributed by atoms with E-state index in [0.717, 1.165) is 11.1 Å². The number of hydrogen-bond acceptors (Lipinski definition) is 7. The Bertz CT molecular complexity index is 1040. The third-order valence-corrected chi connectivity index (χ3v) is 4.59. The van der Waals surface area contributed by atoms with Crippen LogP contribution in [-0.4, -0.2) is 43.6 Å². The van der Waals surface area contributed by atoms with Crippen molar-refractivity contribution >= 4 is 17.7 Å². The molecule has 3 aromatic rings. The average molecular weight is 354 g/mol. The highest BCUT2D eigenvalue weighted by Gasteiger charge is 2.32. The molecular formula is C17H18N6O3. The molecule has 0 radical (unpaired) electrons. The lowest BCUT2D eigenvalue weighted by Gasteiger charge is -2.34. The van der Waals surface area contributed by atoms with Crippen molar-refractivity contribution in [2.24, 2.45) is 0 Å². The van der Waals surface area contributed by atoms with Gasteiger partial charge in [0.05, 0.1) is 12.8 Å². The molecule has 0 bridgehead atoms. The topological polar surface area (TPSA) is 119 Å². The van der Waals surface area contributed by atoms with Crippen molar-refractivity contribution in [1.29, 1.82) is 0 Å². The summed E-state index contributed by atoms with van der Waals surface area (Å²) in [4.78, 5) is 34.8. The zero-order valence-corrected chi connectivity index (χ0v) is 14.2. The largest absolute Gasteiger partial charge is 0.468 e. The second-order valence-electron chi connectivity index (χ2n) is 6.25. The van der Waals surface area contributed by atoms with Crippen molar-refractivity contribution in [3.63, 3.8) is 0 Å². The fourth-order valence-corrected chi connectivity index (χ4v) is 3.34. The van der Waals surface area contributed by atoms with Crippen LogP contribution in [0.5, 0.6) is 0 Å². The molecule has 0 amide bonds. The van der Waals surface area contributed by atoms with E-state index >= 15 is 0 Å². The Hall–Kier alpha value is -3.20. The molecule has 0 spiro atoms. The predicted molar refractivity (Wildman–Crippen MR) is 93.2 cm³/mol. The number of nitrogens with two attached hydrogens (primary N) is 1. The number of rotatable bonds is 3. The van der Waals surface area contributed by atoms with Crippen LogP contribution in [0, 0.1) is 0 Å². The van der Waals surface area contributed by atoms with Crippen molar-refractivity contribution in [3.8, 4) is 0 Å². The van der Waals surface area contributed by atoms with E-state index in [-0.39, 0.29) is 23.3 Å². The lowest BCUT2D eigenvalue weighted by molar-refractivity contribution is -0.148. The number of anilines is 1. The van der Waals surface area contributed by atoms with Crippen molar-refractivity contribution in [2.75, 3.05) is 12.8 Å². The van der Waals surface area contributed by atoms with Crippen LogP contribution >= 0.6 is 0 Å². The third kappa shape index (κ3) is 2.82. The molecule has 2 aromatic heterocycles. The van der Waals surface area contributed by atoms with Gasteiger partial charge in [0.25, 0.3) is 11.3 Å². The Labute approximate surface area is 148 Å². The van der Waals surface area contributed by atoms with Crippen molar-refractivity contribution in [2.45, 2.75) is 25.6 Å². The number of aromatic nitrogens is 4. The maximum Gasteiger partial charge on any atom is 0.323 e. The lowest BCUT2D eigenvalue weighted by atomic mass is 9.94. The highest BCUT2D eigenvalue weighted by molar-refractivity contribution is 5.76. The van der Waals surface area contributed by atoms with E-state index in [0.29, 0.717) is 25.2 Å². The van der Waals surface area contributed by atoms with Crippen LogP contribution in [0.2, 0.25) is 0 Å². The zero-order chi connectivity index (χ0) is 18.3.